The average Bonchev–Trinajstić information content (AvgIpc) is 3.71. The van der Waals surface area contributed by atoms with E-state index in [0.29, 0.717) is 12.5 Å². The Bertz CT molecular complexity index is 910. The summed E-state index contributed by atoms with van der Waals surface area (Å²) in [6.07, 6.45) is 8.52. The van der Waals surface area contributed by atoms with Crippen LogP contribution in [0, 0.1) is 23.7 Å². The van der Waals surface area contributed by atoms with E-state index in [1.165, 1.54) is 58.2 Å². The van der Waals surface area contributed by atoms with Gasteiger partial charge in [0.25, 0.3) is 0 Å². The van der Waals surface area contributed by atoms with Crippen LogP contribution in [-0.4, -0.2) is 67.0 Å². The summed E-state index contributed by atoms with van der Waals surface area (Å²) < 4.78 is 12.0. The minimum absolute atomic E-state index is 0. The first-order valence-electron chi connectivity index (χ1n) is 12.6. The molecule has 192 valence electrons. The number of rotatable bonds is 11. The van der Waals surface area contributed by atoms with Crippen LogP contribution >= 0.6 is 24.8 Å². The molecule has 1 aliphatic heterocycles. The second-order valence-corrected chi connectivity index (χ2v) is 10.8. The molecule has 2 aliphatic carbocycles. The van der Waals surface area contributed by atoms with Crippen molar-refractivity contribution >= 4 is 35.8 Å². The molecule has 1 saturated heterocycles. The van der Waals surface area contributed by atoms with E-state index in [2.05, 4.69) is 41.2 Å². The number of aryl methyl sites for hydroxylation is 1. The number of hydrogen-bond donors (Lipinski definition) is 1. The number of hydrogen-bond acceptors (Lipinski definition) is 6. The van der Waals surface area contributed by atoms with E-state index < -0.39 is 0 Å². The van der Waals surface area contributed by atoms with Gasteiger partial charge in [-0.1, -0.05) is 5.16 Å². The van der Waals surface area contributed by atoms with Crippen molar-refractivity contribution < 1.29 is 14.4 Å². The van der Waals surface area contributed by atoms with Crippen molar-refractivity contribution in [3.05, 3.63) is 23.4 Å². The van der Waals surface area contributed by atoms with Gasteiger partial charge >= 0.3 is 0 Å². The fourth-order valence-electron chi connectivity index (χ4n) is 5.25. The third-order valence-electron chi connectivity index (χ3n) is 7.71. The van der Waals surface area contributed by atoms with Gasteiger partial charge in [-0.25, -0.2) is 0 Å². The van der Waals surface area contributed by atoms with Gasteiger partial charge in [0.2, 0.25) is 0 Å². The van der Waals surface area contributed by atoms with E-state index in [1.807, 2.05) is 0 Å². The van der Waals surface area contributed by atoms with Crippen LogP contribution in [0.15, 0.2) is 16.7 Å². The summed E-state index contributed by atoms with van der Waals surface area (Å²) in [5.41, 5.74) is 3.13. The minimum Gasteiger partial charge on any atom is -0.493 e. The molecule has 0 amide bonds. The molecular weight excluding hydrogens is 473 g/mol. The summed E-state index contributed by atoms with van der Waals surface area (Å²) in [4.78, 5) is 4.78. The minimum atomic E-state index is 0. The number of piperidine rings is 1. The molecule has 2 atom stereocenters. The van der Waals surface area contributed by atoms with Gasteiger partial charge in [-0.15, -0.1) is 24.8 Å². The molecule has 1 aromatic carbocycles. The first kappa shape index (κ1) is 27.5. The van der Waals surface area contributed by atoms with Crippen LogP contribution in [0.2, 0.25) is 0 Å². The van der Waals surface area contributed by atoms with Gasteiger partial charge in [-0.3, -0.25) is 0 Å². The first-order chi connectivity index (χ1) is 15.6. The Morgan fingerprint density at radius 2 is 1.85 bits per heavy atom. The molecule has 0 bridgehead atoms. The molecule has 0 spiro atoms. The van der Waals surface area contributed by atoms with E-state index in [0.717, 1.165) is 65.3 Å². The second-order valence-electron chi connectivity index (χ2n) is 10.8. The Kier molecular flexibility index (Phi) is 9.93. The number of fused-ring (bicyclic) bond motifs is 1. The van der Waals surface area contributed by atoms with E-state index in [-0.39, 0.29) is 24.8 Å². The fraction of sp³-hybridized carbons (Fsp3) is 0.731. The zero-order valence-electron chi connectivity index (χ0n) is 20.6. The summed E-state index contributed by atoms with van der Waals surface area (Å²) in [6.45, 7) is 5.57. The van der Waals surface area contributed by atoms with Gasteiger partial charge in [0.1, 0.15) is 5.75 Å². The van der Waals surface area contributed by atoms with Crippen LogP contribution < -0.4 is 4.74 Å². The SMILES string of the molecule is CN(C)Cc1c(OCC2CC2)ccc2c(CCC3CCN(C[C@@H]4C[C@H]4CO)CC3)noc12.Cl.Cl. The van der Waals surface area contributed by atoms with Gasteiger partial charge in [0, 0.05) is 25.1 Å². The van der Waals surface area contributed by atoms with Gasteiger partial charge < -0.3 is 24.2 Å². The lowest BCUT2D eigenvalue weighted by atomic mass is 9.91. The van der Waals surface area contributed by atoms with Gasteiger partial charge in [-0.05, 0) is 108 Å². The summed E-state index contributed by atoms with van der Waals surface area (Å²) >= 11 is 0. The summed E-state index contributed by atoms with van der Waals surface area (Å²) in [6, 6.07) is 4.28. The highest BCUT2D eigenvalue weighted by Crippen LogP contribution is 2.39. The van der Waals surface area contributed by atoms with Crippen molar-refractivity contribution in [2.75, 3.05) is 46.9 Å². The van der Waals surface area contributed by atoms with Crippen LogP contribution in [0.3, 0.4) is 0 Å². The number of halogens is 2. The first-order valence-corrected chi connectivity index (χ1v) is 12.6. The largest absolute Gasteiger partial charge is 0.493 e. The molecule has 2 saturated carbocycles. The number of likely N-dealkylation sites (tertiary alicyclic amines) is 1. The maximum absolute atomic E-state index is 9.27. The molecular formula is C26H41Cl2N3O3. The van der Waals surface area contributed by atoms with E-state index in [1.54, 1.807) is 0 Å². The van der Waals surface area contributed by atoms with Crippen molar-refractivity contribution in [3.63, 3.8) is 0 Å². The molecule has 34 heavy (non-hydrogen) atoms. The number of ether oxygens (including phenoxy) is 1. The summed E-state index contributed by atoms with van der Waals surface area (Å²) in [5.74, 6) is 3.77. The molecule has 2 heterocycles. The van der Waals surface area contributed by atoms with E-state index in [9.17, 15) is 5.11 Å². The number of aromatic nitrogens is 1. The van der Waals surface area contributed by atoms with Gasteiger partial charge in [0.15, 0.2) is 5.58 Å². The highest BCUT2D eigenvalue weighted by Gasteiger charge is 2.37. The van der Waals surface area contributed by atoms with Crippen molar-refractivity contribution in [2.24, 2.45) is 23.7 Å². The lowest BCUT2D eigenvalue weighted by molar-refractivity contribution is 0.166. The zero-order chi connectivity index (χ0) is 22.1. The Hall–Kier alpha value is -1.05. The molecule has 2 aromatic rings. The molecule has 1 N–H and O–H groups in total. The molecule has 3 aliphatic rings. The number of aliphatic hydroxyl groups excluding tert-OH is 1. The van der Waals surface area contributed by atoms with Gasteiger partial charge in [-0.2, -0.15) is 0 Å². The number of benzene rings is 1. The molecule has 6 nitrogen and oxygen atoms in total. The standard InChI is InChI=1S/C26H39N3O3.2ClH/c1-28(2)15-23-25(31-17-19-3-4-19)8-6-22-24(27-32-26(22)23)7-5-18-9-11-29(12-10-18)14-20-13-21(20)16-30;;/h6,8,18-21,30H,3-5,7,9-17H2,1-2H3;2*1H/t20-,21-;;/m0../s1. The van der Waals surface area contributed by atoms with Gasteiger partial charge in [0.05, 0.1) is 17.9 Å². The normalized spacial score (nSPS) is 23.1. The van der Waals surface area contributed by atoms with Crippen LogP contribution in [0.25, 0.3) is 11.0 Å². The van der Waals surface area contributed by atoms with Crippen LogP contribution in [0.5, 0.6) is 5.75 Å². The molecule has 8 heteroatoms. The Balaban J connectivity index is 0.00000162. The maximum Gasteiger partial charge on any atom is 0.175 e. The maximum atomic E-state index is 9.27. The average molecular weight is 515 g/mol. The Morgan fingerprint density at radius 1 is 1.09 bits per heavy atom. The van der Waals surface area contributed by atoms with E-state index >= 15 is 0 Å². The predicted molar refractivity (Wildman–Crippen MR) is 140 cm³/mol. The third kappa shape index (κ3) is 6.79. The quantitative estimate of drug-likeness (QED) is 0.465. The smallest absolute Gasteiger partial charge is 0.175 e. The molecule has 0 unspecified atom stereocenters. The van der Waals surface area contributed by atoms with Crippen LogP contribution in [0.1, 0.15) is 49.8 Å². The summed E-state index contributed by atoms with van der Waals surface area (Å²) in [5, 5.41) is 14.9. The van der Waals surface area contributed by atoms with Crippen LogP contribution in [-0.2, 0) is 13.0 Å². The third-order valence-corrected chi connectivity index (χ3v) is 7.71. The number of nitrogens with zero attached hydrogens (tertiary/aromatic N) is 3. The van der Waals surface area contributed by atoms with Crippen molar-refractivity contribution in [2.45, 2.75) is 51.5 Å². The number of aliphatic hydroxyl groups is 1. The second kappa shape index (κ2) is 12.3. The summed E-state index contributed by atoms with van der Waals surface area (Å²) in [7, 11) is 4.17. The lowest BCUT2D eigenvalue weighted by Crippen LogP contribution is -2.35. The Labute approximate surface area is 216 Å². The molecule has 5 rings (SSSR count). The zero-order valence-corrected chi connectivity index (χ0v) is 22.2. The predicted octanol–water partition coefficient (Wildman–Crippen LogP) is 4.79. The van der Waals surface area contributed by atoms with Crippen molar-refractivity contribution in [1.82, 2.24) is 15.0 Å². The fourth-order valence-corrected chi connectivity index (χ4v) is 5.25. The van der Waals surface area contributed by atoms with Crippen molar-refractivity contribution in [3.8, 4) is 5.75 Å². The monoisotopic (exact) mass is 513 g/mol. The molecule has 0 radical (unpaired) electrons. The lowest BCUT2D eigenvalue weighted by Gasteiger charge is -2.32. The highest BCUT2D eigenvalue weighted by atomic mass is 35.5. The highest BCUT2D eigenvalue weighted by molar-refractivity contribution is 5.86. The van der Waals surface area contributed by atoms with Crippen molar-refractivity contribution in [1.29, 1.82) is 0 Å². The topological polar surface area (TPSA) is 62.0 Å². The van der Waals surface area contributed by atoms with E-state index in [4.69, 9.17) is 9.26 Å². The molecule has 1 aromatic heterocycles. The Morgan fingerprint density at radius 3 is 2.50 bits per heavy atom. The molecule has 3 fully saturated rings. The van der Waals surface area contributed by atoms with Crippen LogP contribution in [0.4, 0.5) is 0 Å².